The van der Waals surface area contributed by atoms with E-state index in [9.17, 15) is 0 Å². The molecule has 2 aliphatic carbocycles. The summed E-state index contributed by atoms with van der Waals surface area (Å²) in [5.41, 5.74) is 1.21. The summed E-state index contributed by atoms with van der Waals surface area (Å²) in [7, 11) is 0. The number of aromatic nitrogens is 2. The van der Waals surface area contributed by atoms with Gasteiger partial charge in [0, 0.05) is 18.9 Å². The van der Waals surface area contributed by atoms with E-state index in [1.165, 1.54) is 18.5 Å². The van der Waals surface area contributed by atoms with Gasteiger partial charge in [0.2, 0.25) is 0 Å². The van der Waals surface area contributed by atoms with Gasteiger partial charge in [-0.15, -0.1) is 0 Å². The first-order chi connectivity index (χ1) is 9.85. The van der Waals surface area contributed by atoms with E-state index in [0.29, 0.717) is 18.8 Å². The maximum atomic E-state index is 6.08. The van der Waals surface area contributed by atoms with Crippen molar-refractivity contribution in [3.05, 3.63) is 18.2 Å². The standard InChI is InChI=1S/C15H22N2O3/c1-2-12(1)17-11-16-9-13(17)10-18-14-3-5-15(6-4-14)19-7-8-20-15/h9,11-12,14H,1-8,10H2. The normalized spacial score (nSPS) is 26.4. The van der Waals surface area contributed by atoms with Gasteiger partial charge in [0.15, 0.2) is 5.79 Å². The van der Waals surface area contributed by atoms with Gasteiger partial charge in [0.25, 0.3) is 0 Å². The SMILES string of the molecule is c1ncn(C2CC2)c1COC1CCC2(CC1)OCCO2. The van der Waals surface area contributed by atoms with Gasteiger partial charge in [-0.25, -0.2) is 4.98 Å². The third-order valence-corrected chi connectivity index (χ3v) is 4.66. The zero-order valence-electron chi connectivity index (χ0n) is 11.8. The molecule has 3 fully saturated rings. The maximum absolute atomic E-state index is 6.08. The molecule has 0 amide bonds. The summed E-state index contributed by atoms with van der Waals surface area (Å²) in [6, 6.07) is 0.672. The molecular formula is C15H22N2O3. The minimum atomic E-state index is -0.282. The average molecular weight is 278 g/mol. The summed E-state index contributed by atoms with van der Waals surface area (Å²) in [6.45, 7) is 2.16. The summed E-state index contributed by atoms with van der Waals surface area (Å²) in [5, 5.41) is 0. The first-order valence-corrected chi connectivity index (χ1v) is 7.75. The molecule has 2 heterocycles. The molecule has 110 valence electrons. The Bertz CT molecular complexity index is 453. The lowest BCUT2D eigenvalue weighted by molar-refractivity contribution is -0.192. The number of hydrogen-bond acceptors (Lipinski definition) is 4. The molecule has 1 aliphatic heterocycles. The molecule has 20 heavy (non-hydrogen) atoms. The molecule has 0 N–H and O–H groups in total. The van der Waals surface area contributed by atoms with Gasteiger partial charge in [-0.3, -0.25) is 0 Å². The highest BCUT2D eigenvalue weighted by molar-refractivity contribution is 5.02. The van der Waals surface area contributed by atoms with Crippen molar-refractivity contribution in [3.8, 4) is 0 Å². The summed E-state index contributed by atoms with van der Waals surface area (Å²) >= 11 is 0. The number of nitrogens with zero attached hydrogens (tertiary/aromatic N) is 2. The third-order valence-electron chi connectivity index (χ3n) is 4.66. The van der Waals surface area contributed by atoms with E-state index in [2.05, 4.69) is 9.55 Å². The monoisotopic (exact) mass is 278 g/mol. The Balaban J connectivity index is 1.29. The maximum Gasteiger partial charge on any atom is 0.168 e. The predicted octanol–water partition coefficient (Wildman–Crippen LogP) is 2.42. The van der Waals surface area contributed by atoms with Crippen LogP contribution >= 0.6 is 0 Å². The highest BCUT2D eigenvalue weighted by Crippen LogP contribution is 2.38. The van der Waals surface area contributed by atoms with Crippen LogP contribution in [0.2, 0.25) is 0 Å². The highest BCUT2D eigenvalue weighted by atomic mass is 16.7. The van der Waals surface area contributed by atoms with Crippen LogP contribution in [0.15, 0.2) is 12.5 Å². The van der Waals surface area contributed by atoms with Crippen LogP contribution in [0.1, 0.15) is 50.3 Å². The van der Waals surface area contributed by atoms with Crippen LogP contribution in [-0.4, -0.2) is 34.7 Å². The minimum Gasteiger partial charge on any atom is -0.372 e. The molecular weight excluding hydrogens is 256 g/mol. The minimum absolute atomic E-state index is 0.282. The topological polar surface area (TPSA) is 45.5 Å². The molecule has 0 bridgehead atoms. The lowest BCUT2D eigenvalue weighted by Gasteiger charge is -2.35. The van der Waals surface area contributed by atoms with E-state index >= 15 is 0 Å². The van der Waals surface area contributed by atoms with Crippen molar-refractivity contribution in [2.75, 3.05) is 13.2 Å². The lowest BCUT2D eigenvalue weighted by atomic mass is 9.92. The summed E-state index contributed by atoms with van der Waals surface area (Å²) in [5.74, 6) is -0.282. The molecule has 0 radical (unpaired) electrons. The van der Waals surface area contributed by atoms with Crippen LogP contribution in [0.25, 0.3) is 0 Å². The molecule has 4 rings (SSSR count). The molecule has 5 nitrogen and oxygen atoms in total. The second kappa shape index (κ2) is 5.13. The van der Waals surface area contributed by atoms with Crippen LogP contribution in [0, 0.1) is 0 Å². The fourth-order valence-electron chi connectivity index (χ4n) is 3.31. The quantitative estimate of drug-likeness (QED) is 0.848. The smallest absolute Gasteiger partial charge is 0.168 e. The van der Waals surface area contributed by atoms with Gasteiger partial charge in [-0.05, 0) is 25.7 Å². The molecule has 1 spiro atoms. The Morgan fingerprint density at radius 3 is 2.65 bits per heavy atom. The molecule has 0 unspecified atom stereocenters. The van der Waals surface area contributed by atoms with Crippen molar-refractivity contribution in [2.24, 2.45) is 0 Å². The molecule has 5 heteroatoms. The molecule has 0 aromatic carbocycles. The van der Waals surface area contributed by atoms with Crippen LogP contribution < -0.4 is 0 Å². The number of ether oxygens (including phenoxy) is 3. The van der Waals surface area contributed by atoms with Crippen LogP contribution in [-0.2, 0) is 20.8 Å². The van der Waals surface area contributed by atoms with Crippen molar-refractivity contribution < 1.29 is 14.2 Å². The van der Waals surface area contributed by atoms with E-state index in [-0.39, 0.29) is 5.79 Å². The molecule has 0 atom stereocenters. The Morgan fingerprint density at radius 1 is 1.20 bits per heavy atom. The van der Waals surface area contributed by atoms with Crippen LogP contribution in [0.3, 0.4) is 0 Å². The van der Waals surface area contributed by atoms with Gasteiger partial charge in [-0.2, -0.15) is 0 Å². The molecule has 3 aliphatic rings. The number of rotatable bonds is 4. The average Bonchev–Trinajstić information content (AvgIpc) is 3.04. The van der Waals surface area contributed by atoms with E-state index in [1.807, 2.05) is 12.5 Å². The first-order valence-electron chi connectivity index (χ1n) is 7.75. The van der Waals surface area contributed by atoms with Gasteiger partial charge in [-0.1, -0.05) is 0 Å². The summed E-state index contributed by atoms with van der Waals surface area (Å²) in [4.78, 5) is 4.25. The van der Waals surface area contributed by atoms with Crippen LogP contribution in [0.4, 0.5) is 0 Å². The van der Waals surface area contributed by atoms with Gasteiger partial charge in [0.1, 0.15) is 0 Å². The van der Waals surface area contributed by atoms with Crippen molar-refractivity contribution in [1.82, 2.24) is 9.55 Å². The number of imidazole rings is 1. The lowest BCUT2D eigenvalue weighted by Crippen LogP contribution is -2.37. The third kappa shape index (κ3) is 2.50. The van der Waals surface area contributed by atoms with E-state index in [4.69, 9.17) is 14.2 Å². The Hall–Kier alpha value is -0.910. The Morgan fingerprint density at radius 2 is 1.95 bits per heavy atom. The second-order valence-corrected chi connectivity index (χ2v) is 6.14. The fourth-order valence-corrected chi connectivity index (χ4v) is 3.31. The van der Waals surface area contributed by atoms with Crippen molar-refractivity contribution in [1.29, 1.82) is 0 Å². The Kier molecular flexibility index (Phi) is 3.28. The fraction of sp³-hybridized carbons (Fsp3) is 0.800. The van der Waals surface area contributed by atoms with E-state index < -0.39 is 0 Å². The van der Waals surface area contributed by atoms with E-state index in [1.54, 1.807) is 0 Å². The van der Waals surface area contributed by atoms with E-state index in [0.717, 1.165) is 38.9 Å². The zero-order valence-corrected chi connectivity index (χ0v) is 11.8. The summed E-state index contributed by atoms with van der Waals surface area (Å²) < 4.78 is 19.8. The van der Waals surface area contributed by atoms with Crippen molar-refractivity contribution in [2.45, 2.75) is 63.1 Å². The second-order valence-electron chi connectivity index (χ2n) is 6.14. The molecule has 2 saturated carbocycles. The zero-order chi connectivity index (χ0) is 13.4. The summed E-state index contributed by atoms with van der Waals surface area (Å²) in [6.07, 6.45) is 10.7. The van der Waals surface area contributed by atoms with Crippen molar-refractivity contribution >= 4 is 0 Å². The van der Waals surface area contributed by atoms with Gasteiger partial charge >= 0.3 is 0 Å². The molecule has 1 aromatic rings. The first kappa shape index (κ1) is 12.8. The molecule has 1 saturated heterocycles. The Labute approximate surface area is 119 Å². The van der Waals surface area contributed by atoms with Gasteiger partial charge in [0.05, 0.1) is 44.1 Å². The number of hydrogen-bond donors (Lipinski definition) is 0. The highest BCUT2D eigenvalue weighted by Gasteiger charge is 2.40. The van der Waals surface area contributed by atoms with Gasteiger partial charge < -0.3 is 18.8 Å². The van der Waals surface area contributed by atoms with Crippen molar-refractivity contribution in [3.63, 3.8) is 0 Å². The predicted molar refractivity (Wildman–Crippen MR) is 72.2 cm³/mol. The molecule has 1 aromatic heterocycles. The largest absolute Gasteiger partial charge is 0.372 e. The van der Waals surface area contributed by atoms with Crippen LogP contribution in [0.5, 0.6) is 0 Å².